The quantitative estimate of drug-likeness (QED) is 0.769. The van der Waals surface area contributed by atoms with Gasteiger partial charge in [-0.2, -0.15) is 0 Å². The molecule has 0 aliphatic rings. The van der Waals surface area contributed by atoms with Crippen molar-refractivity contribution < 1.29 is 13.2 Å². The zero-order valence-corrected chi connectivity index (χ0v) is 13.4. The van der Waals surface area contributed by atoms with Gasteiger partial charge in [0.25, 0.3) is 0 Å². The van der Waals surface area contributed by atoms with Gasteiger partial charge in [0.15, 0.2) is 0 Å². The molecule has 0 saturated carbocycles. The number of hydrogen-bond acceptors (Lipinski definition) is 4. The Hall–Kier alpha value is -1.11. The number of ether oxygens (including phenoxy) is 1. The Labute approximate surface area is 121 Å². The summed E-state index contributed by atoms with van der Waals surface area (Å²) in [6, 6.07) is 5.05. The second-order valence-corrected chi connectivity index (χ2v) is 6.38. The predicted molar refractivity (Wildman–Crippen MR) is 80.4 cm³/mol. The molecule has 0 bridgehead atoms. The summed E-state index contributed by atoms with van der Waals surface area (Å²) in [6.07, 6.45) is 0.736. The van der Waals surface area contributed by atoms with Crippen molar-refractivity contribution in [3.8, 4) is 5.75 Å². The monoisotopic (exact) mass is 300 g/mol. The molecule has 0 spiro atoms. The van der Waals surface area contributed by atoms with Crippen LogP contribution in [0.4, 0.5) is 0 Å². The first-order valence-electron chi connectivity index (χ1n) is 6.84. The van der Waals surface area contributed by atoms with E-state index in [1.54, 1.807) is 18.2 Å². The molecular formula is C14H24N2O3S. The van der Waals surface area contributed by atoms with Crippen molar-refractivity contribution in [3.63, 3.8) is 0 Å². The van der Waals surface area contributed by atoms with Crippen LogP contribution in [0.1, 0.15) is 32.8 Å². The van der Waals surface area contributed by atoms with Crippen LogP contribution in [0.5, 0.6) is 5.75 Å². The summed E-state index contributed by atoms with van der Waals surface area (Å²) in [6.45, 7) is 7.34. The number of rotatable bonds is 8. The van der Waals surface area contributed by atoms with E-state index in [1.165, 1.54) is 7.11 Å². The fraction of sp³-hybridized carbons (Fsp3) is 0.571. The molecule has 0 fully saturated rings. The molecule has 0 aliphatic heterocycles. The van der Waals surface area contributed by atoms with Crippen LogP contribution in [0.2, 0.25) is 0 Å². The largest absolute Gasteiger partial charge is 0.495 e. The zero-order chi connectivity index (χ0) is 15.2. The van der Waals surface area contributed by atoms with Crippen molar-refractivity contribution in [2.24, 2.45) is 0 Å². The summed E-state index contributed by atoms with van der Waals surface area (Å²) in [5.74, 6) is 0.371. The molecule has 1 rings (SSSR count). The number of sulfonamides is 1. The van der Waals surface area contributed by atoms with E-state index in [4.69, 9.17) is 4.74 Å². The average Bonchev–Trinajstić information content (AvgIpc) is 2.43. The number of benzene rings is 1. The molecule has 114 valence electrons. The normalized spacial score (nSPS) is 13.2. The Balaban J connectivity index is 3.05. The SMILES string of the molecule is CCNCc1ccc(S(=O)(=O)NC(C)CC)c(OC)c1. The molecule has 1 aromatic carbocycles. The van der Waals surface area contributed by atoms with Crippen molar-refractivity contribution >= 4 is 10.0 Å². The Bertz CT molecular complexity index is 529. The minimum Gasteiger partial charge on any atom is -0.495 e. The van der Waals surface area contributed by atoms with E-state index >= 15 is 0 Å². The maximum absolute atomic E-state index is 12.3. The Kier molecular flexibility index (Phi) is 6.45. The number of hydrogen-bond donors (Lipinski definition) is 2. The van der Waals surface area contributed by atoms with Gasteiger partial charge in [-0.25, -0.2) is 13.1 Å². The van der Waals surface area contributed by atoms with Gasteiger partial charge in [0.2, 0.25) is 10.0 Å². The van der Waals surface area contributed by atoms with E-state index in [0.29, 0.717) is 12.3 Å². The second kappa shape index (κ2) is 7.61. The van der Waals surface area contributed by atoms with Crippen molar-refractivity contribution in [1.82, 2.24) is 10.0 Å². The van der Waals surface area contributed by atoms with Gasteiger partial charge in [-0.05, 0) is 37.6 Å². The highest BCUT2D eigenvalue weighted by molar-refractivity contribution is 7.89. The third-order valence-electron chi connectivity index (χ3n) is 3.07. The summed E-state index contributed by atoms with van der Waals surface area (Å²) < 4.78 is 32.5. The molecule has 5 nitrogen and oxygen atoms in total. The molecule has 2 N–H and O–H groups in total. The van der Waals surface area contributed by atoms with E-state index in [0.717, 1.165) is 18.5 Å². The molecule has 0 heterocycles. The molecule has 1 unspecified atom stereocenters. The van der Waals surface area contributed by atoms with Crippen molar-refractivity contribution in [3.05, 3.63) is 23.8 Å². The molecule has 0 aliphatic carbocycles. The van der Waals surface area contributed by atoms with Crippen LogP contribution in [0.3, 0.4) is 0 Å². The Morgan fingerprint density at radius 2 is 2.00 bits per heavy atom. The third-order valence-corrected chi connectivity index (χ3v) is 4.69. The molecular weight excluding hydrogens is 276 g/mol. The van der Waals surface area contributed by atoms with Gasteiger partial charge >= 0.3 is 0 Å². The first kappa shape index (κ1) is 16.9. The Morgan fingerprint density at radius 1 is 1.30 bits per heavy atom. The Morgan fingerprint density at radius 3 is 2.55 bits per heavy atom. The van der Waals surface area contributed by atoms with E-state index in [2.05, 4.69) is 10.0 Å². The lowest BCUT2D eigenvalue weighted by Crippen LogP contribution is -2.32. The average molecular weight is 300 g/mol. The van der Waals surface area contributed by atoms with Crippen LogP contribution in [0.15, 0.2) is 23.1 Å². The van der Waals surface area contributed by atoms with Crippen LogP contribution >= 0.6 is 0 Å². The minimum atomic E-state index is -3.55. The number of methoxy groups -OCH3 is 1. The highest BCUT2D eigenvalue weighted by atomic mass is 32.2. The molecule has 0 aromatic heterocycles. The maximum atomic E-state index is 12.3. The summed E-state index contributed by atoms with van der Waals surface area (Å²) in [4.78, 5) is 0.181. The highest BCUT2D eigenvalue weighted by Crippen LogP contribution is 2.25. The van der Waals surface area contributed by atoms with Crippen molar-refractivity contribution in [1.29, 1.82) is 0 Å². The van der Waals surface area contributed by atoms with Crippen molar-refractivity contribution in [2.75, 3.05) is 13.7 Å². The molecule has 0 saturated heterocycles. The molecule has 0 amide bonds. The molecule has 1 atom stereocenters. The van der Waals surface area contributed by atoms with Crippen LogP contribution in [-0.2, 0) is 16.6 Å². The van der Waals surface area contributed by atoms with Crippen LogP contribution in [0.25, 0.3) is 0 Å². The fourth-order valence-corrected chi connectivity index (χ4v) is 3.20. The van der Waals surface area contributed by atoms with Gasteiger partial charge in [-0.15, -0.1) is 0 Å². The van der Waals surface area contributed by atoms with Gasteiger partial charge in [-0.3, -0.25) is 0 Å². The first-order chi connectivity index (χ1) is 9.44. The summed E-state index contributed by atoms with van der Waals surface area (Å²) in [7, 11) is -2.07. The topological polar surface area (TPSA) is 67.4 Å². The lowest BCUT2D eigenvalue weighted by molar-refractivity contribution is 0.401. The van der Waals surface area contributed by atoms with Crippen molar-refractivity contribution in [2.45, 2.75) is 44.7 Å². The molecule has 6 heteroatoms. The lowest BCUT2D eigenvalue weighted by Gasteiger charge is -2.15. The fourth-order valence-electron chi connectivity index (χ4n) is 1.72. The standard InChI is InChI=1S/C14H24N2O3S/c1-5-11(3)16-20(17,18)14-8-7-12(10-15-6-2)9-13(14)19-4/h7-9,11,15-16H,5-6,10H2,1-4H3. The van der Waals surface area contributed by atoms with Gasteiger partial charge in [-0.1, -0.05) is 19.9 Å². The summed E-state index contributed by atoms with van der Waals surface area (Å²) in [5.41, 5.74) is 0.992. The maximum Gasteiger partial charge on any atom is 0.244 e. The van der Waals surface area contributed by atoms with Crippen LogP contribution < -0.4 is 14.8 Å². The van der Waals surface area contributed by atoms with Crippen LogP contribution in [0, 0.1) is 0 Å². The van der Waals surface area contributed by atoms with E-state index in [9.17, 15) is 8.42 Å². The van der Waals surface area contributed by atoms with E-state index < -0.39 is 10.0 Å². The molecule has 1 aromatic rings. The number of nitrogens with one attached hydrogen (secondary N) is 2. The van der Waals surface area contributed by atoms with Gasteiger partial charge in [0, 0.05) is 12.6 Å². The summed E-state index contributed by atoms with van der Waals surface area (Å²) in [5, 5.41) is 3.19. The summed E-state index contributed by atoms with van der Waals surface area (Å²) >= 11 is 0. The van der Waals surface area contributed by atoms with Gasteiger partial charge in [0.05, 0.1) is 7.11 Å². The van der Waals surface area contributed by atoms with Gasteiger partial charge in [0.1, 0.15) is 10.6 Å². The predicted octanol–water partition coefficient (Wildman–Crippen LogP) is 1.88. The highest BCUT2D eigenvalue weighted by Gasteiger charge is 2.21. The lowest BCUT2D eigenvalue weighted by atomic mass is 10.2. The van der Waals surface area contributed by atoms with E-state index in [1.807, 2.05) is 20.8 Å². The van der Waals surface area contributed by atoms with Gasteiger partial charge < -0.3 is 10.1 Å². The van der Waals surface area contributed by atoms with Crippen LogP contribution in [-0.4, -0.2) is 28.1 Å². The smallest absolute Gasteiger partial charge is 0.244 e. The second-order valence-electron chi connectivity index (χ2n) is 4.70. The zero-order valence-electron chi connectivity index (χ0n) is 12.6. The third kappa shape index (κ3) is 4.47. The van der Waals surface area contributed by atoms with E-state index in [-0.39, 0.29) is 10.9 Å². The first-order valence-corrected chi connectivity index (χ1v) is 8.32. The molecule has 20 heavy (non-hydrogen) atoms. The molecule has 0 radical (unpaired) electrons. The minimum absolute atomic E-state index is 0.105.